The first-order valence-corrected chi connectivity index (χ1v) is 9.59. The molecule has 0 aliphatic carbocycles. The molecule has 0 aliphatic heterocycles. The average Bonchev–Trinajstić information content (AvgIpc) is 3.02. The van der Waals surface area contributed by atoms with Crippen molar-refractivity contribution in [3.05, 3.63) is 17.0 Å². The average molecular weight is 479 g/mol. The number of guanidine groups is 1. The lowest BCUT2D eigenvalue weighted by Crippen LogP contribution is -2.47. The second kappa shape index (κ2) is 13.4. The molecule has 1 aromatic heterocycles. The molecule has 0 aliphatic rings. The zero-order valence-electron chi connectivity index (χ0n) is 17.6. The summed E-state index contributed by atoms with van der Waals surface area (Å²) < 4.78 is 5.44. The summed E-state index contributed by atoms with van der Waals surface area (Å²) in [5.74, 6) is 2.46. The second-order valence-corrected chi connectivity index (χ2v) is 6.65. The molecule has 1 rings (SSSR count). The van der Waals surface area contributed by atoms with Gasteiger partial charge in [0.1, 0.15) is 5.76 Å². The van der Waals surface area contributed by atoms with Gasteiger partial charge in [0.25, 0.3) is 0 Å². The maximum Gasteiger partial charge on any atom is 0.191 e. The molecular formula is C19H38IN5O. The number of likely N-dealkylation sites (N-methyl/N-ethyl adjacent to an activating group) is 1. The van der Waals surface area contributed by atoms with Gasteiger partial charge in [0, 0.05) is 38.2 Å². The molecule has 0 spiro atoms. The van der Waals surface area contributed by atoms with Gasteiger partial charge in [-0.2, -0.15) is 0 Å². The van der Waals surface area contributed by atoms with Gasteiger partial charge < -0.3 is 20.1 Å². The Morgan fingerprint density at radius 3 is 2.23 bits per heavy atom. The fourth-order valence-electron chi connectivity index (χ4n) is 3.34. The zero-order chi connectivity index (χ0) is 18.8. The van der Waals surface area contributed by atoms with E-state index in [0.717, 1.165) is 42.4 Å². The Balaban J connectivity index is 0.00000625. The molecule has 7 heteroatoms. The highest BCUT2D eigenvalue weighted by atomic mass is 127. The first-order valence-electron chi connectivity index (χ1n) is 9.59. The van der Waals surface area contributed by atoms with Gasteiger partial charge in [0.2, 0.25) is 0 Å². The maximum atomic E-state index is 5.44. The van der Waals surface area contributed by atoms with Gasteiger partial charge in [0.15, 0.2) is 5.96 Å². The van der Waals surface area contributed by atoms with Crippen LogP contribution in [-0.2, 0) is 19.4 Å². The van der Waals surface area contributed by atoms with Crippen LogP contribution in [0.5, 0.6) is 0 Å². The van der Waals surface area contributed by atoms with Crippen LogP contribution in [0.25, 0.3) is 0 Å². The Bertz CT molecular complexity index is 504. The highest BCUT2D eigenvalue weighted by Crippen LogP contribution is 2.17. The van der Waals surface area contributed by atoms with Crippen LogP contribution in [0, 0.1) is 5.92 Å². The van der Waals surface area contributed by atoms with Crippen molar-refractivity contribution in [1.29, 1.82) is 0 Å². The number of aryl methyl sites for hydroxylation is 2. The van der Waals surface area contributed by atoms with Crippen LogP contribution in [0.3, 0.4) is 0 Å². The maximum absolute atomic E-state index is 5.44. The van der Waals surface area contributed by atoms with Gasteiger partial charge in [-0.05, 0) is 26.4 Å². The summed E-state index contributed by atoms with van der Waals surface area (Å²) in [6.07, 6.45) is 4.11. The van der Waals surface area contributed by atoms with Crippen molar-refractivity contribution in [2.45, 2.75) is 66.0 Å². The van der Waals surface area contributed by atoms with Crippen molar-refractivity contribution in [3.63, 3.8) is 0 Å². The minimum atomic E-state index is 0. The molecule has 2 N–H and O–H groups in total. The summed E-state index contributed by atoms with van der Waals surface area (Å²) in [6.45, 7) is 10.3. The second-order valence-electron chi connectivity index (χ2n) is 6.65. The molecule has 0 saturated heterocycles. The fraction of sp³-hybridized carbons (Fsp3) is 0.789. The van der Waals surface area contributed by atoms with Gasteiger partial charge >= 0.3 is 0 Å². The van der Waals surface area contributed by atoms with Crippen molar-refractivity contribution < 1.29 is 4.52 Å². The Morgan fingerprint density at radius 2 is 1.77 bits per heavy atom. The third-order valence-corrected chi connectivity index (χ3v) is 5.00. The number of hydrogen-bond donors (Lipinski definition) is 2. The summed E-state index contributed by atoms with van der Waals surface area (Å²) in [7, 11) is 6.12. The van der Waals surface area contributed by atoms with E-state index in [9.17, 15) is 0 Å². The van der Waals surface area contributed by atoms with E-state index < -0.39 is 0 Å². The quantitative estimate of drug-likeness (QED) is 0.306. The van der Waals surface area contributed by atoms with Crippen LogP contribution in [0.4, 0.5) is 0 Å². The standard InChI is InChI=1S/C19H37N5O.HI/c1-8-14(9-2)17(24(6)7)13-22-19(20-5)21-12-15-16(10-3)23-25-18(15)11-4;/h14,17H,8-13H2,1-7H3,(H2,20,21,22);1H. The molecule has 0 aromatic carbocycles. The predicted octanol–water partition coefficient (Wildman–Crippen LogP) is 3.45. The summed E-state index contributed by atoms with van der Waals surface area (Å²) in [6, 6.07) is 0.488. The van der Waals surface area contributed by atoms with Crippen molar-refractivity contribution in [2.75, 3.05) is 27.7 Å². The Kier molecular flexibility index (Phi) is 12.9. The molecule has 0 bridgehead atoms. The minimum Gasteiger partial charge on any atom is -0.361 e. The molecule has 1 aromatic rings. The molecular weight excluding hydrogens is 441 g/mol. The lowest BCUT2D eigenvalue weighted by atomic mass is 9.93. The molecule has 1 atom stereocenters. The lowest BCUT2D eigenvalue weighted by molar-refractivity contribution is 0.200. The van der Waals surface area contributed by atoms with Crippen LogP contribution >= 0.6 is 24.0 Å². The van der Waals surface area contributed by atoms with Gasteiger partial charge in [-0.15, -0.1) is 24.0 Å². The topological polar surface area (TPSA) is 65.7 Å². The summed E-state index contributed by atoms with van der Waals surface area (Å²) in [4.78, 5) is 6.67. The Labute approximate surface area is 176 Å². The van der Waals surface area contributed by atoms with E-state index in [-0.39, 0.29) is 24.0 Å². The van der Waals surface area contributed by atoms with Crippen LogP contribution in [0.1, 0.15) is 57.6 Å². The molecule has 26 heavy (non-hydrogen) atoms. The number of nitrogens with zero attached hydrogens (tertiary/aromatic N) is 3. The van der Waals surface area contributed by atoms with Crippen molar-refractivity contribution in [1.82, 2.24) is 20.7 Å². The number of halogens is 1. The van der Waals surface area contributed by atoms with E-state index in [2.05, 4.69) is 67.5 Å². The summed E-state index contributed by atoms with van der Waals surface area (Å²) >= 11 is 0. The number of aromatic nitrogens is 1. The number of hydrogen-bond acceptors (Lipinski definition) is 4. The predicted molar refractivity (Wildman–Crippen MR) is 120 cm³/mol. The van der Waals surface area contributed by atoms with Crippen LogP contribution in [-0.4, -0.2) is 49.7 Å². The lowest BCUT2D eigenvalue weighted by Gasteiger charge is -2.32. The van der Waals surface area contributed by atoms with E-state index >= 15 is 0 Å². The zero-order valence-corrected chi connectivity index (χ0v) is 19.9. The SMILES string of the molecule is CCc1noc(CC)c1CNC(=NC)NCC(C(CC)CC)N(C)C.I. The van der Waals surface area contributed by atoms with E-state index in [4.69, 9.17) is 4.52 Å². The van der Waals surface area contributed by atoms with E-state index in [1.807, 2.05) is 7.05 Å². The highest BCUT2D eigenvalue weighted by molar-refractivity contribution is 14.0. The third kappa shape index (κ3) is 7.06. The van der Waals surface area contributed by atoms with E-state index in [0.29, 0.717) is 18.5 Å². The van der Waals surface area contributed by atoms with Crippen molar-refractivity contribution in [2.24, 2.45) is 10.9 Å². The molecule has 1 unspecified atom stereocenters. The third-order valence-electron chi connectivity index (χ3n) is 5.00. The molecule has 0 fully saturated rings. The highest BCUT2D eigenvalue weighted by Gasteiger charge is 2.21. The molecule has 0 saturated carbocycles. The first-order chi connectivity index (χ1) is 12.0. The molecule has 1 heterocycles. The van der Waals surface area contributed by atoms with Gasteiger partial charge in [-0.1, -0.05) is 45.7 Å². The van der Waals surface area contributed by atoms with Gasteiger partial charge in [-0.25, -0.2) is 0 Å². The van der Waals surface area contributed by atoms with Crippen molar-refractivity contribution >= 4 is 29.9 Å². The number of nitrogens with one attached hydrogen (secondary N) is 2. The fourth-order valence-corrected chi connectivity index (χ4v) is 3.34. The Hall–Kier alpha value is -0.830. The monoisotopic (exact) mass is 479 g/mol. The van der Waals surface area contributed by atoms with Crippen LogP contribution in [0.2, 0.25) is 0 Å². The normalized spacial score (nSPS) is 13.0. The number of aliphatic imine (C=N–C) groups is 1. The molecule has 0 amide bonds. The first kappa shape index (κ1) is 25.2. The van der Waals surface area contributed by atoms with Gasteiger partial charge in [-0.3, -0.25) is 4.99 Å². The van der Waals surface area contributed by atoms with Gasteiger partial charge in [0.05, 0.1) is 5.69 Å². The smallest absolute Gasteiger partial charge is 0.191 e. The van der Waals surface area contributed by atoms with Crippen LogP contribution in [0.15, 0.2) is 9.52 Å². The van der Waals surface area contributed by atoms with E-state index in [1.165, 1.54) is 12.8 Å². The molecule has 152 valence electrons. The molecule has 6 nitrogen and oxygen atoms in total. The van der Waals surface area contributed by atoms with Crippen molar-refractivity contribution in [3.8, 4) is 0 Å². The van der Waals surface area contributed by atoms with Crippen LogP contribution < -0.4 is 10.6 Å². The minimum absolute atomic E-state index is 0. The summed E-state index contributed by atoms with van der Waals surface area (Å²) in [5, 5.41) is 11.1. The number of rotatable bonds is 10. The Morgan fingerprint density at radius 1 is 1.12 bits per heavy atom. The summed E-state index contributed by atoms with van der Waals surface area (Å²) in [5.41, 5.74) is 2.19. The molecule has 0 radical (unpaired) electrons. The van der Waals surface area contributed by atoms with E-state index in [1.54, 1.807) is 0 Å². The largest absolute Gasteiger partial charge is 0.361 e.